The molecule has 13 heteroatoms. The summed E-state index contributed by atoms with van der Waals surface area (Å²) < 4.78 is 44.7. The van der Waals surface area contributed by atoms with Crippen molar-refractivity contribution in [3.8, 4) is 11.5 Å². The molecule has 168 valence electrons. The molecule has 1 aliphatic rings. The zero-order valence-corrected chi connectivity index (χ0v) is 16.3. The van der Waals surface area contributed by atoms with Crippen molar-refractivity contribution in [3.63, 3.8) is 0 Å². The van der Waals surface area contributed by atoms with Crippen LogP contribution >= 0.6 is 0 Å². The molecule has 0 aliphatic carbocycles. The van der Waals surface area contributed by atoms with E-state index in [1.54, 1.807) is 12.1 Å². The highest BCUT2D eigenvalue weighted by Gasteiger charge is 2.40. The number of halogens is 3. The molecule has 0 atom stereocenters. The second-order valence-corrected chi connectivity index (χ2v) is 7.32. The first kappa shape index (κ1) is 21.3. The molecular formula is C19H16F3N5O5. The number of alkyl halides is 3. The number of benzene rings is 1. The van der Waals surface area contributed by atoms with Crippen molar-refractivity contribution in [1.82, 2.24) is 10.2 Å². The van der Waals surface area contributed by atoms with Crippen molar-refractivity contribution in [2.75, 3.05) is 18.0 Å². The van der Waals surface area contributed by atoms with Gasteiger partial charge < -0.3 is 9.32 Å². The van der Waals surface area contributed by atoms with Crippen LogP contribution in [0.3, 0.4) is 0 Å². The number of H-pyrrole nitrogens is 1. The second-order valence-electron chi connectivity index (χ2n) is 7.32. The van der Waals surface area contributed by atoms with Crippen molar-refractivity contribution in [2.24, 2.45) is 0 Å². The van der Waals surface area contributed by atoms with Crippen LogP contribution in [0, 0.1) is 20.2 Å². The lowest BCUT2D eigenvalue weighted by Gasteiger charge is -2.32. The number of nitrogens with one attached hydrogen (secondary N) is 1. The first-order chi connectivity index (χ1) is 15.1. The highest BCUT2D eigenvalue weighted by atomic mass is 19.4. The zero-order chi connectivity index (χ0) is 23.0. The van der Waals surface area contributed by atoms with Crippen LogP contribution in [0.2, 0.25) is 0 Å². The van der Waals surface area contributed by atoms with Gasteiger partial charge in [0.15, 0.2) is 11.4 Å². The number of nitro benzene ring substituents is 2. The van der Waals surface area contributed by atoms with Crippen LogP contribution < -0.4 is 4.90 Å². The molecule has 1 aromatic carbocycles. The molecule has 0 unspecified atom stereocenters. The molecule has 2 aromatic heterocycles. The molecule has 0 bridgehead atoms. The summed E-state index contributed by atoms with van der Waals surface area (Å²) in [6.45, 7) is 0.375. The van der Waals surface area contributed by atoms with E-state index in [4.69, 9.17) is 4.42 Å². The molecule has 1 fully saturated rings. The van der Waals surface area contributed by atoms with Gasteiger partial charge in [-0.2, -0.15) is 18.3 Å². The lowest BCUT2D eigenvalue weighted by molar-refractivity contribution is -0.393. The Balaban J connectivity index is 1.60. The number of aromatic amines is 1. The van der Waals surface area contributed by atoms with Crippen LogP contribution in [-0.2, 0) is 6.18 Å². The van der Waals surface area contributed by atoms with E-state index < -0.39 is 38.6 Å². The minimum atomic E-state index is -4.95. The average molecular weight is 451 g/mol. The first-order valence-corrected chi connectivity index (χ1v) is 9.53. The van der Waals surface area contributed by atoms with Gasteiger partial charge in [-0.05, 0) is 31.0 Å². The predicted molar refractivity (Wildman–Crippen MR) is 105 cm³/mol. The molecule has 3 heterocycles. The number of rotatable bonds is 5. The Labute approximate surface area is 177 Å². The number of nitro groups is 2. The number of hydrogen-bond acceptors (Lipinski definition) is 7. The third kappa shape index (κ3) is 4.00. The van der Waals surface area contributed by atoms with Crippen molar-refractivity contribution in [1.29, 1.82) is 0 Å². The number of nitrogens with zero attached hydrogens (tertiary/aromatic N) is 4. The number of aromatic nitrogens is 2. The average Bonchev–Trinajstić information content (AvgIpc) is 3.44. The van der Waals surface area contributed by atoms with Gasteiger partial charge in [0.05, 0.1) is 21.7 Å². The maximum Gasteiger partial charge on any atom is 0.416 e. The SMILES string of the molecule is O=[N+]([O-])c1cc(C(F)(F)F)cc([N+](=O)[O-])c1N1CCC(c2cc(-c3ccco3)n[nH]2)CC1. The van der Waals surface area contributed by atoms with Gasteiger partial charge >= 0.3 is 6.18 Å². The van der Waals surface area contributed by atoms with Crippen LogP contribution in [-0.4, -0.2) is 33.1 Å². The molecule has 32 heavy (non-hydrogen) atoms. The summed E-state index contributed by atoms with van der Waals surface area (Å²) in [6.07, 6.45) is -2.50. The molecule has 3 aromatic rings. The quantitative estimate of drug-likeness (QED) is 0.432. The van der Waals surface area contributed by atoms with Crippen LogP contribution in [0.1, 0.15) is 30.0 Å². The Morgan fingerprint density at radius 2 is 1.72 bits per heavy atom. The van der Waals surface area contributed by atoms with Gasteiger partial charge in [0.25, 0.3) is 11.4 Å². The molecular weight excluding hydrogens is 435 g/mol. The highest BCUT2D eigenvalue weighted by Crippen LogP contribution is 2.44. The Hall–Kier alpha value is -3.90. The van der Waals surface area contributed by atoms with E-state index in [2.05, 4.69) is 10.2 Å². The smallest absolute Gasteiger partial charge is 0.416 e. The van der Waals surface area contributed by atoms with Crippen molar-refractivity contribution < 1.29 is 27.4 Å². The maximum absolute atomic E-state index is 13.1. The fourth-order valence-corrected chi connectivity index (χ4v) is 3.88. The summed E-state index contributed by atoms with van der Waals surface area (Å²) in [7, 11) is 0. The molecule has 10 nitrogen and oxygen atoms in total. The Morgan fingerprint density at radius 3 is 2.22 bits per heavy atom. The van der Waals surface area contributed by atoms with E-state index in [0.29, 0.717) is 36.4 Å². The Bertz CT molecular complexity index is 1120. The second kappa shape index (κ2) is 7.98. The van der Waals surface area contributed by atoms with Crippen molar-refractivity contribution in [3.05, 3.63) is 68.1 Å². The summed E-state index contributed by atoms with van der Waals surface area (Å²) in [5, 5.41) is 30.1. The minimum absolute atomic E-state index is 0.00461. The summed E-state index contributed by atoms with van der Waals surface area (Å²) in [5.74, 6) is 0.580. The van der Waals surface area contributed by atoms with Gasteiger partial charge in [-0.3, -0.25) is 25.3 Å². The Kier molecular flexibility index (Phi) is 5.32. The largest absolute Gasteiger partial charge is 0.463 e. The van der Waals surface area contributed by atoms with Crippen molar-refractivity contribution in [2.45, 2.75) is 24.9 Å². The topological polar surface area (TPSA) is 131 Å². The van der Waals surface area contributed by atoms with E-state index in [1.165, 1.54) is 11.2 Å². The van der Waals surface area contributed by atoms with Gasteiger partial charge in [0.2, 0.25) is 0 Å². The molecule has 0 saturated carbocycles. The third-order valence-electron chi connectivity index (χ3n) is 5.41. The van der Waals surface area contributed by atoms with Crippen LogP contribution in [0.25, 0.3) is 11.5 Å². The normalized spacial score (nSPS) is 15.2. The van der Waals surface area contributed by atoms with Crippen LogP contribution in [0.5, 0.6) is 0 Å². The third-order valence-corrected chi connectivity index (χ3v) is 5.41. The van der Waals surface area contributed by atoms with E-state index in [0.717, 1.165) is 5.69 Å². The molecule has 1 aliphatic heterocycles. The molecule has 0 amide bonds. The lowest BCUT2D eigenvalue weighted by Crippen LogP contribution is -2.34. The van der Waals surface area contributed by atoms with Crippen LogP contribution in [0.4, 0.5) is 30.2 Å². The summed E-state index contributed by atoms with van der Waals surface area (Å²) >= 11 is 0. The van der Waals surface area contributed by atoms with E-state index in [-0.39, 0.29) is 19.0 Å². The predicted octanol–water partition coefficient (Wildman–Crippen LogP) is 4.89. The van der Waals surface area contributed by atoms with E-state index >= 15 is 0 Å². The summed E-state index contributed by atoms with van der Waals surface area (Å²) in [6, 6.07) is 6.00. The molecule has 0 radical (unpaired) electrons. The van der Waals surface area contributed by atoms with Crippen LogP contribution in [0.15, 0.2) is 41.0 Å². The Morgan fingerprint density at radius 1 is 1.09 bits per heavy atom. The number of piperidine rings is 1. The fraction of sp³-hybridized carbons (Fsp3) is 0.316. The van der Waals surface area contributed by atoms with Gasteiger partial charge in [-0.1, -0.05) is 0 Å². The van der Waals surface area contributed by atoms with Gasteiger partial charge in [0.1, 0.15) is 5.69 Å². The number of furan rings is 1. The monoisotopic (exact) mass is 451 g/mol. The lowest BCUT2D eigenvalue weighted by atomic mass is 9.92. The summed E-state index contributed by atoms with van der Waals surface area (Å²) in [4.78, 5) is 22.3. The van der Waals surface area contributed by atoms with Gasteiger partial charge in [-0.15, -0.1) is 0 Å². The van der Waals surface area contributed by atoms with E-state index in [9.17, 15) is 33.4 Å². The van der Waals surface area contributed by atoms with E-state index in [1.807, 2.05) is 6.07 Å². The molecule has 1 saturated heterocycles. The molecule has 4 rings (SSSR count). The summed E-state index contributed by atoms with van der Waals surface area (Å²) in [5.41, 5.74) is -2.29. The molecule has 0 spiro atoms. The fourth-order valence-electron chi connectivity index (χ4n) is 3.88. The first-order valence-electron chi connectivity index (χ1n) is 9.53. The minimum Gasteiger partial charge on any atom is -0.463 e. The number of hydrogen-bond donors (Lipinski definition) is 1. The molecule has 1 N–H and O–H groups in total. The van der Waals surface area contributed by atoms with Crippen molar-refractivity contribution >= 4 is 17.1 Å². The standard InChI is InChI=1S/C19H16F3N5O5/c20-19(21,22)12-8-15(26(28)29)18(16(9-12)27(30)31)25-5-3-11(4-6-25)13-10-14(24-23-13)17-2-1-7-32-17/h1-2,7-11H,3-6H2,(H,23,24). The van der Waals surface area contributed by atoms with Gasteiger partial charge in [0, 0.05) is 36.8 Å². The zero-order valence-electron chi connectivity index (χ0n) is 16.3. The maximum atomic E-state index is 13.1. The highest BCUT2D eigenvalue weighted by molar-refractivity contribution is 5.76. The number of anilines is 1. The van der Waals surface area contributed by atoms with Gasteiger partial charge in [-0.25, -0.2) is 0 Å².